The number of para-hydroxylation sites is 1. The molecule has 1 amide bonds. The number of sulfonamides is 1. The molecular formula is C21H26N2O5S2. The van der Waals surface area contributed by atoms with Gasteiger partial charge in [-0.1, -0.05) is 32.0 Å². The molecule has 0 spiro atoms. The van der Waals surface area contributed by atoms with Crippen LogP contribution in [-0.4, -0.2) is 50.6 Å². The van der Waals surface area contributed by atoms with E-state index >= 15 is 0 Å². The Morgan fingerprint density at radius 3 is 2.40 bits per heavy atom. The zero-order valence-corrected chi connectivity index (χ0v) is 19.1. The van der Waals surface area contributed by atoms with E-state index in [1.807, 2.05) is 18.4 Å². The minimum Gasteiger partial charge on any atom is -0.452 e. The van der Waals surface area contributed by atoms with Crippen molar-refractivity contribution in [2.75, 3.05) is 31.3 Å². The van der Waals surface area contributed by atoms with Crippen LogP contribution >= 0.6 is 11.8 Å². The summed E-state index contributed by atoms with van der Waals surface area (Å²) in [6.07, 6.45) is 1.90. The predicted molar refractivity (Wildman–Crippen MR) is 118 cm³/mol. The van der Waals surface area contributed by atoms with Gasteiger partial charge in [0.2, 0.25) is 10.0 Å². The van der Waals surface area contributed by atoms with Crippen LogP contribution in [0.5, 0.6) is 0 Å². The molecule has 0 heterocycles. The van der Waals surface area contributed by atoms with Gasteiger partial charge in [0.05, 0.1) is 16.1 Å². The molecule has 0 aliphatic carbocycles. The van der Waals surface area contributed by atoms with Crippen molar-refractivity contribution >= 4 is 39.3 Å². The summed E-state index contributed by atoms with van der Waals surface area (Å²) >= 11 is 1.49. The molecule has 2 aromatic carbocycles. The number of benzene rings is 2. The molecule has 9 heteroatoms. The topological polar surface area (TPSA) is 92.8 Å². The van der Waals surface area contributed by atoms with Gasteiger partial charge in [-0.3, -0.25) is 4.79 Å². The summed E-state index contributed by atoms with van der Waals surface area (Å²) in [7, 11) is -3.72. The van der Waals surface area contributed by atoms with Gasteiger partial charge in [0, 0.05) is 18.0 Å². The van der Waals surface area contributed by atoms with Gasteiger partial charge in [-0.15, -0.1) is 11.8 Å². The molecule has 0 saturated carbocycles. The Morgan fingerprint density at radius 2 is 1.77 bits per heavy atom. The fraction of sp³-hybridized carbons (Fsp3) is 0.333. The Hall–Kier alpha value is -2.36. The van der Waals surface area contributed by atoms with Gasteiger partial charge < -0.3 is 10.1 Å². The lowest BCUT2D eigenvalue weighted by Gasteiger charge is -2.20. The summed E-state index contributed by atoms with van der Waals surface area (Å²) in [6.45, 7) is 5.34. The quantitative estimate of drug-likeness (QED) is 0.464. The SMILES string of the molecule is CCN(CC)S(=O)(=O)c1cc(C(=O)OCC(=O)Nc2ccccc2SC)ccc1C. The second-order valence-electron chi connectivity index (χ2n) is 6.39. The summed E-state index contributed by atoms with van der Waals surface area (Å²) in [5.74, 6) is -1.24. The Balaban J connectivity index is 2.11. The number of ether oxygens (including phenoxy) is 1. The van der Waals surface area contributed by atoms with Crippen LogP contribution in [0.25, 0.3) is 0 Å². The van der Waals surface area contributed by atoms with Crippen LogP contribution in [0, 0.1) is 6.92 Å². The van der Waals surface area contributed by atoms with Gasteiger partial charge in [-0.05, 0) is 43.0 Å². The molecule has 0 aliphatic rings. The molecule has 0 aromatic heterocycles. The molecule has 0 atom stereocenters. The molecule has 1 N–H and O–H groups in total. The highest BCUT2D eigenvalue weighted by molar-refractivity contribution is 7.98. The number of carbonyl (C=O) groups is 2. The van der Waals surface area contributed by atoms with Gasteiger partial charge in [-0.25, -0.2) is 13.2 Å². The average molecular weight is 451 g/mol. The molecule has 2 aromatic rings. The Kier molecular flexibility index (Phi) is 8.45. The highest BCUT2D eigenvalue weighted by Gasteiger charge is 2.25. The van der Waals surface area contributed by atoms with Crippen molar-refractivity contribution in [3.63, 3.8) is 0 Å². The molecule has 30 heavy (non-hydrogen) atoms. The summed E-state index contributed by atoms with van der Waals surface area (Å²) in [4.78, 5) is 25.5. The van der Waals surface area contributed by atoms with Gasteiger partial charge >= 0.3 is 5.97 Å². The van der Waals surface area contributed by atoms with Crippen LogP contribution in [-0.2, 0) is 19.6 Å². The number of esters is 1. The number of thioether (sulfide) groups is 1. The smallest absolute Gasteiger partial charge is 0.338 e. The lowest BCUT2D eigenvalue weighted by Crippen LogP contribution is -2.31. The van der Waals surface area contributed by atoms with E-state index < -0.39 is 28.5 Å². The first-order chi connectivity index (χ1) is 14.2. The summed E-state index contributed by atoms with van der Waals surface area (Å²) in [6, 6.07) is 11.6. The second-order valence-corrected chi connectivity index (χ2v) is 9.15. The second kappa shape index (κ2) is 10.6. The molecule has 0 radical (unpaired) electrons. The Bertz CT molecular complexity index is 1020. The number of amides is 1. The van der Waals surface area contributed by atoms with E-state index in [2.05, 4.69) is 5.32 Å². The number of aryl methyl sites for hydroxylation is 1. The van der Waals surface area contributed by atoms with Crippen LogP contribution < -0.4 is 5.32 Å². The number of hydrogen-bond donors (Lipinski definition) is 1. The van der Waals surface area contributed by atoms with E-state index in [4.69, 9.17) is 4.74 Å². The van der Waals surface area contributed by atoms with E-state index in [9.17, 15) is 18.0 Å². The number of nitrogens with zero attached hydrogens (tertiary/aromatic N) is 1. The minimum atomic E-state index is -3.72. The zero-order valence-electron chi connectivity index (χ0n) is 17.5. The Labute approximate surface area is 181 Å². The predicted octanol–water partition coefficient (Wildman–Crippen LogP) is 3.54. The molecule has 0 bridgehead atoms. The van der Waals surface area contributed by atoms with Crippen LogP contribution in [0.4, 0.5) is 5.69 Å². The van der Waals surface area contributed by atoms with E-state index in [0.717, 1.165) is 4.90 Å². The normalized spacial score (nSPS) is 11.4. The van der Waals surface area contributed by atoms with Gasteiger partial charge in [-0.2, -0.15) is 4.31 Å². The lowest BCUT2D eigenvalue weighted by molar-refractivity contribution is -0.119. The number of hydrogen-bond acceptors (Lipinski definition) is 6. The van der Waals surface area contributed by atoms with Crippen molar-refractivity contribution in [2.24, 2.45) is 0 Å². The maximum Gasteiger partial charge on any atom is 0.338 e. The van der Waals surface area contributed by atoms with Gasteiger partial charge in [0.1, 0.15) is 0 Å². The third kappa shape index (κ3) is 5.62. The van der Waals surface area contributed by atoms with E-state index in [0.29, 0.717) is 24.3 Å². The van der Waals surface area contributed by atoms with Crippen LogP contribution in [0.2, 0.25) is 0 Å². The molecule has 0 unspecified atom stereocenters. The largest absolute Gasteiger partial charge is 0.452 e. The fourth-order valence-corrected chi connectivity index (χ4v) is 5.12. The monoisotopic (exact) mass is 450 g/mol. The Morgan fingerprint density at radius 1 is 1.10 bits per heavy atom. The van der Waals surface area contributed by atoms with E-state index in [1.165, 1.54) is 28.2 Å². The number of rotatable bonds is 9. The summed E-state index contributed by atoms with van der Waals surface area (Å²) in [5, 5.41) is 2.70. The first-order valence-electron chi connectivity index (χ1n) is 9.45. The van der Waals surface area contributed by atoms with Crippen molar-refractivity contribution < 1.29 is 22.7 Å². The molecule has 2 rings (SSSR count). The van der Waals surface area contributed by atoms with Crippen molar-refractivity contribution in [3.8, 4) is 0 Å². The molecule has 162 valence electrons. The van der Waals surface area contributed by atoms with Crippen LogP contribution in [0.1, 0.15) is 29.8 Å². The molecular weight excluding hydrogens is 424 g/mol. The molecule has 7 nitrogen and oxygen atoms in total. The number of nitrogens with one attached hydrogen (secondary N) is 1. The van der Waals surface area contributed by atoms with E-state index in [1.54, 1.807) is 39.0 Å². The maximum absolute atomic E-state index is 12.8. The molecule has 0 fully saturated rings. The average Bonchev–Trinajstić information content (AvgIpc) is 2.73. The van der Waals surface area contributed by atoms with Crippen molar-refractivity contribution in [2.45, 2.75) is 30.6 Å². The maximum atomic E-state index is 12.8. The third-order valence-electron chi connectivity index (χ3n) is 4.46. The van der Waals surface area contributed by atoms with Crippen LogP contribution in [0.15, 0.2) is 52.3 Å². The number of anilines is 1. The lowest BCUT2D eigenvalue weighted by atomic mass is 10.1. The third-order valence-corrected chi connectivity index (χ3v) is 7.45. The van der Waals surface area contributed by atoms with E-state index in [-0.39, 0.29) is 10.5 Å². The minimum absolute atomic E-state index is 0.0546. The standard InChI is InChI=1S/C21H26N2O5S2/c1-5-23(6-2)30(26,27)19-13-16(12-11-15(19)3)21(25)28-14-20(24)22-17-9-7-8-10-18(17)29-4/h7-13H,5-6,14H2,1-4H3,(H,22,24). The van der Waals surface area contributed by atoms with Crippen LogP contribution in [0.3, 0.4) is 0 Å². The summed E-state index contributed by atoms with van der Waals surface area (Å²) in [5.41, 5.74) is 1.24. The van der Waals surface area contributed by atoms with Crippen molar-refractivity contribution in [1.29, 1.82) is 0 Å². The highest BCUT2D eigenvalue weighted by atomic mass is 32.2. The van der Waals surface area contributed by atoms with Crippen molar-refractivity contribution in [1.82, 2.24) is 4.31 Å². The highest BCUT2D eigenvalue weighted by Crippen LogP contribution is 2.25. The molecule has 0 saturated heterocycles. The van der Waals surface area contributed by atoms with Crippen molar-refractivity contribution in [3.05, 3.63) is 53.6 Å². The zero-order chi connectivity index (χ0) is 22.3. The number of carbonyl (C=O) groups excluding carboxylic acids is 2. The van der Waals surface area contributed by atoms with Gasteiger partial charge in [0.25, 0.3) is 5.91 Å². The van der Waals surface area contributed by atoms with Gasteiger partial charge in [0.15, 0.2) is 6.61 Å². The molecule has 0 aliphatic heterocycles. The fourth-order valence-electron chi connectivity index (χ4n) is 2.86. The first kappa shape index (κ1) is 23.9. The first-order valence-corrected chi connectivity index (χ1v) is 12.1. The summed E-state index contributed by atoms with van der Waals surface area (Å²) < 4.78 is 32.1.